The largest absolute Gasteiger partial charge is 0.489 e. The van der Waals surface area contributed by atoms with Gasteiger partial charge in [0.15, 0.2) is 0 Å². The highest BCUT2D eigenvalue weighted by atomic mass is 35.5. The Morgan fingerprint density at radius 1 is 1.03 bits per heavy atom. The van der Waals surface area contributed by atoms with Crippen molar-refractivity contribution in [2.45, 2.75) is 13.0 Å². The molecule has 1 fully saturated rings. The molecule has 0 unspecified atom stereocenters. The molecule has 0 radical (unpaired) electrons. The van der Waals surface area contributed by atoms with Crippen LogP contribution in [0.4, 0.5) is 5.69 Å². The normalized spacial score (nSPS) is 15.7. The molecule has 0 spiro atoms. The van der Waals surface area contributed by atoms with Gasteiger partial charge in [-0.2, -0.15) is 5.10 Å². The van der Waals surface area contributed by atoms with Gasteiger partial charge in [0.05, 0.1) is 12.1 Å². The number of carbonyl (C=O) groups excluding carboxylic acids is 2. The zero-order valence-corrected chi connectivity index (χ0v) is 20.1. The Bertz CT molecular complexity index is 1210. The first-order chi connectivity index (χ1) is 16.4. The lowest BCUT2D eigenvalue weighted by Gasteiger charge is -2.16. The monoisotopic (exact) mass is 515 g/mol. The number of anilines is 1. The fraction of sp³-hybridized carbons (Fsp3) is 0.160. The Morgan fingerprint density at radius 3 is 2.44 bits per heavy atom. The van der Waals surface area contributed by atoms with E-state index in [1.807, 2.05) is 18.2 Å². The van der Waals surface area contributed by atoms with Crippen LogP contribution in [0.2, 0.25) is 15.1 Å². The number of carbonyl (C=O) groups is 2. The number of nitrogens with one attached hydrogen (secondary N) is 1. The van der Waals surface area contributed by atoms with Gasteiger partial charge in [0, 0.05) is 39.3 Å². The third-order valence-electron chi connectivity index (χ3n) is 5.31. The maximum absolute atomic E-state index is 12.5. The SMILES string of the molecule is O=C(N/N=C\c1ccc(OCc2ccc(Cl)cc2Cl)cc1)[C@@H]1CC(=O)N(c2ccc(Cl)cc2)C1. The van der Waals surface area contributed by atoms with E-state index in [2.05, 4.69) is 10.5 Å². The predicted molar refractivity (Wildman–Crippen MR) is 135 cm³/mol. The van der Waals surface area contributed by atoms with Crippen molar-refractivity contribution in [2.24, 2.45) is 11.0 Å². The van der Waals surface area contributed by atoms with Crippen LogP contribution in [0.15, 0.2) is 71.8 Å². The molecule has 2 amide bonds. The van der Waals surface area contributed by atoms with Gasteiger partial charge < -0.3 is 9.64 Å². The second kappa shape index (κ2) is 10.9. The van der Waals surface area contributed by atoms with Crippen LogP contribution in [0.1, 0.15) is 17.5 Å². The molecule has 3 aromatic carbocycles. The fourth-order valence-electron chi connectivity index (χ4n) is 3.47. The van der Waals surface area contributed by atoms with Crippen molar-refractivity contribution in [1.82, 2.24) is 5.43 Å². The van der Waals surface area contributed by atoms with Crippen LogP contribution < -0.4 is 15.1 Å². The summed E-state index contributed by atoms with van der Waals surface area (Å²) in [5, 5.41) is 5.73. The molecule has 1 heterocycles. The van der Waals surface area contributed by atoms with Gasteiger partial charge in [0.2, 0.25) is 11.8 Å². The maximum atomic E-state index is 12.5. The zero-order chi connectivity index (χ0) is 24.1. The molecule has 0 aromatic heterocycles. The predicted octanol–water partition coefficient (Wildman–Crippen LogP) is 5.73. The van der Waals surface area contributed by atoms with Crippen LogP contribution in [0.5, 0.6) is 5.75 Å². The summed E-state index contributed by atoms with van der Waals surface area (Å²) in [4.78, 5) is 26.4. The van der Waals surface area contributed by atoms with Crippen LogP contribution in [0.3, 0.4) is 0 Å². The smallest absolute Gasteiger partial charge is 0.245 e. The molecule has 1 saturated heterocycles. The van der Waals surface area contributed by atoms with Gasteiger partial charge in [-0.1, -0.05) is 40.9 Å². The van der Waals surface area contributed by atoms with Crippen molar-refractivity contribution in [3.05, 3.63) is 92.9 Å². The van der Waals surface area contributed by atoms with E-state index in [9.17, 15) is 9.59 Å². The Morgan fingerprint density at radius 2 is 1.74 bits per heavy atom. The second-order valence-electron chi connectivity index (χ2n) is 7.71. The van der Waals surface area contributed by atoms with Crippen molar-refractivity contribution < 1.29 is 14.3 Å². The van der Waals surface area contributed by atoms with E-state index in [1.54, 1.807) is 53.4 Å². The summed E-state index contributed by atoms with van der Waals surface area (Å²) >= 11 is 18.0. The van der Waals surface area contributed by atoms with Crippen molar-refractivity contribution >= 4 is 58.5 Å². The molecule has 1 aliphatic rings. The summed E-state index contributed by atoms with van der Waals surface area (Å²) in [5.74, 6) is -0.224. The lowest BCUT2D eigenvalue weighted by Crippen LogP contribution is -2.30. The molecule has 174 valence electrons. The highest BCUT2D eigenvalue weighted by Crippen LogP contribution is 2.26. The van der Waals surface area contributed by atoms with Gasteiger partial charge in [-0.3, -0.25) is 9.59 Å². The first-order valence-electron chi connectivity index (χ1n) is 10.4. The highest BCUT2D eigenvalue weighted by molar-refractivity contribution is 6.35. The average molecular weight is 517 g/mol. The number of hydrogen-bond acceptors (Lipinski definition) is 4. The minimum Gasteiger partial charge on any atom is -0.489 e. The quantitative estimate of drug-likeness (QED) is 0.322. The maximum Gasteiger partial charge on any atom is 0.245 e. The van der Waals surface area contributed by atoms with Crippen LogP contribution in [0.25, 0.3) is 0 Å². The van der Waals surface area contributed by atoms with Crippen molar-refractivity contribution in [1.29, 1.82) is 0 Å². The van der Waals surface area contributed by atoms with Gasteiger partial charge >= 0.3 is 0 Å². The number of amides is 2. The third-order valence-corrected chi connectivity index (χ3v) is 6.15. The number of benzene rings is 3. The van der Waals surface area contributed by atoms with Crippen LogP contribution in [-0.4, -0.2) is 24.6 Å². The molecule has 1 N–H and O–H groups in total. The van der Waals surface area contributed by atoms with Crippen molar-refractivity contribution in [3.63, 3.8) is 0 Å². The Labute approximate surface area is 212 Å². The van der Waals surface area contributed by atoms with Gasteiger partial charge in [0.1, 0.15) is 12.4 Å². The van der Waals surface area contributed by atoms with E-state index >= 15 is 0 Å². The lowest BCUT2D eigenvalue weighted by atomic mass is 10.1. The standard InChI is InChI=1S/C25H20Cl3N3O3/c26-19-5-7-21(8-6-19)31-14-18(11-24(31)32)25(33)30-29-13-16-1-9-22(10-2-16)34-15-17-3-4-20(27)12-23(17)28/h1-10,12-13,18H,11,14-15H2,(H,30,33)/b29-13-/t18-/m1/s1. The summed E-state index contributed by atoms with van der Waals surface area (Å²) in [7, 11) is 0. The van der Waals surface area contributed by atoms with Crippen molar-refractivity contribution in [3.8, 4) is 5.75 Å². The van der Waals surface area contributed by atoms with E-state index < -0.39 is 5.92 Å². The summed E-state index contributed by atoms with van der Waals surface area (Å²) in [6.07, 6.45) is 1.67. The first-order valence-corrected chi connectivity index (χ1v) is 11.6. The zero-order valence-electron chi connectivity index (χ0n) is 17.9. The van der Waals surface area contributed by atoms with E-state index in [-0.39, 0.29) is 18.2 Å². The average Bonchev–Trinajstić information content (AvgIpc) is 3.21. The highest BCUT2D eigenvalue weighted by Gasteiger charge is 2.35. The molecular formula is C25H20Cl3N3O3. The lowest BCUT2D eigenvalue weighted by molar-refractivity contribution is -0.126. The second-order valence-corrected chi connectivity index (χ2v) is 8.99. The molecule has 1 atom stereocenters. The minimum atomic E-state index is -0.476. The Balaban J connectivity index is 1.27. The molecule has 6 nitrogen and oxygen atoms in total. The summed E-state index contributed by atoms with van der Waals surface area (Å²) in [5.41, 5.74) is 4.85. The number of hydrogen-bond donors (Lipinski definition) is 1. The molecule has 34 heavy (non-hydrogen) atoms. The Kier molecular flexibility index (Phi) is 7.73. The molecule has 3 aromatic rings. The molecule has 0 bridgehead atoms. The number of ether oxygens (including phenoxy) is 1. The van der Waals surface area contributed by atoms with E-state index in [1.165, 1.54) is 6.21 Å². The summed E-state index contributed by atoms with van der Waals surface area (Å²) in [6.45, 7) is 0.609. The number of hydrazone groups is 1. The number of halogens is 3. The fourth-order valence-corrected chi connectivity index (χ4v) is 4.05. The van der Waals surface area contributed by atoms with Gasteiger partial charge in [0.25, 0.3) is 0 Å². The molecule has 0 aliphatic carbocycles. The summed E-state index contributed by atoms with van der Waals surface area (Å²) < 4.78 is 5.76. The van der Waals surface area contributed by atoms with Crippen molar-refractivity contribution in [2.75, 3.05) is 11.4 Å². The topological polar surface area (TPSA) is 71.0 Å². The molecule has 9 heteroatoms. The summed E-state index contributed by atoms with van der Waals surface area (Å²) in [6, 6.07) is 19.4. The first kappa shape index (κ1) is 24.1. The van der Waals surface area contributed by atoms with Crippen LogP contribution in [0, 0.1) is 5.92 Å². The van der Waals surface area contributed by atoms with Gasteiger partial charge in [-0.05, 0) is 66.2 Å². The van der Waals surface area contributed by atoms with Gasteiger partial charge in [-0.15, -0.1) is 0 Å². The number of nitrogens with zero attached hydrogens (tertiary/aromatic N) is 2. The van der Waals surface area contributed by atoms with Gasteiger partial charge in [-0.25, -0.2) is 5.43 Å². The molecular weight excluding hydrogens is 497 g/mol. The Hall–Kier alpha value is -3.06. The minimum absolute atomic E-state index is 0.109. The molecule has 0 saturated carbocycles. The third kappa shape index (κ3) is 6.08. The van der Waals surface area contributed by atoms with Crippen LogP contribution in [-0.2, 0) is 16.2 Å². The number of rotatable bonds is 7. The molecule has 4 rings (SSSR count). The van der Waals surface area contributed by atoms with E-state index in [0.717, 1.165) is 11.1 Å². The van der Waals surface area contributed by atoms with Crippen LogP contribution >= 0.6 is 34.8 Å². The van der Waals surface area contributed by atoms with E-state index in [0.29, 0.717) is 39.7 Å². The molecule has 1 aliphatic heterocycles. The van der Waals surface area contributed by atoms with E-state index in [4.69, 9.17) is 39.5 Å².